The Hall–Kier alpha value is -4.52. The number of fused-ring (bicyclic) bond motifs is 1. The van der Waals surface area contributed by atoms with Gasteiger partial charge in [0, 0.05) is 22.7 Å². The molecule has 6 nitrogen and oxygen atoms in total. The number of halogens is 1. The third kappa shape index (κ3) is 4.62. The number of hydrogen-bond donors (Lipinski definition) is 3. The highest BCUT2D eigenvalue weighted by atomic mass is 19.1. The molecule has 4 rings (SSSR count). The summed E-state index contributed by atoms with van der Waals surface area (Å²) in [7, 11) is 0. The van der Waals surface area contributed by atoms with E-state index < -0.39 is 17.6 Å². The molecular weight excluding hydrogens is 409 g/mol. The van der Waals surface area contributed by atoms with Gasteiger partial charge in [-0.15, -0.1) is 0 Å². The van der Waals surface area contributed by atoms with Gasteiger partial charge in [0.1, 0.15) is 11.5 Å². The van der Waals surface area contributed by atoms with Crippen molar-refractivity contribution in [1.29, 1.82) is 0 Å². The van der Waals surface area contributed by atoms with Crippen molar-refractivity contribution in [1.82, 2.24) is 10.3 Å². The lowest BCUT2D eigenvalue weighted by Crippen LogP contribution is -2.26. The number of aromatic nitrogens is 1. The molecule has 0 saturated heterocycles. The Morgan fingerprint density at radius 2 is 1.66 bits per heavy atom. The highest BCUT2D eigenvalue weighted by molar-refractivity contribution is 6.11. The van der Waals surface area contributed by atoms with E-state index in [4.69, 9.17) is 0 Å². The van der Waals surface area contributed by atoms with Crippen molar-refractivity contribution < 1.29 is 19.1 Å². The average molecular weight is 427 g/mol. The summed E-state index contributed by atoms with van der Waals surface area (Å²) in [6.07, 6.45) is 2.65. The maximum atomic E-state index is 13.6. The van der Waals surface area contributed by atoms with Crippen LogP contribution in [0.3, 0.4) is 0 Å². The van der Waals surface area contributed by atoms with E-state index in [1.54, 1.807) is 54.6 Å². The van der Waals surface area contributed by atoms with Gasteiger partial charge in [0.2, 0.25) is 0 Å². The molecule has 1 heterocycles. The van der Waals surface area contributed by atoms with Crippen molar-refractivity contribution in [3.05, 3.63) is 107 Å². The third-order valence-electron chi connectivity index (χ3n) is 4.72. The molecule has 0 aliphatic carbocycles. The number of rotatable bonds is 5. The van der Waals surface area contributed by atoms with Crippen LogP contribution in [-0.4, -0.2) is 28.1 Å². The first kappa shape index (κ1) is 20.7. The lowest BCUT2D eigenvalue weighted by molar-refractivity contribution is -0.114. The van der Waals surface area contributed by atoms with Crippen molar-refractivity contribution in [2.75, 3.05) is 0 Å². The molecule has 3 aromatic carbocycles. The molecule has 1 aromatic heterocycles. The van der Waals surface area contributed by atoms with Crippen molar-refractivity contribution in [2.45, 2.75) is 0 Å². The van der Waals surface area contributed by atoms with E-state index in [-0.39, 0.29) is 17.1 Å². The number of hydrogen-bond acceptors (Lipinski definition) is 3. The van der Waals surface area contributed by atoms with Gasteiger partial charge >= 0.3 is 0 Å². The number of nitrogens with one attached hydrogen (secondary N) is 2. The normalized spacial score (nSPS) is 11.7. The number of nitrogens with zero attached hydrogens (tertiary/aromatic N) is 1. The van der Waals surface area contributed by atoms with Gasteiger partial charge in [-0.1, -0.05) is 48.5 Å². The van der Waals surface area contributed by atoms with E-state index in [1.165, 1.54) is 24.3 Å². The zero-order valence-corrected chi connectivity index (χ0v) is 16.7. The smallest absolute Gasteiger partial charge is 0.293 e. The molecule has 158 valence electrons. The first-order chi connectivity index (χ1) is 15.5. The molecule has 32 heavy (non-hydrogen) atoms. The predicted molar refractivity (Wildman–Crippen MR) is 121 cm³/mol. The highest BCUT2D eigenvalue weighted by Gasteiger charge is 2.15. The molecular formula is C25H18FN3O3. The van der Waals surface area contributed by atoms with Crippen molar-refractivity contribution in [2.24, 2.45) is 4.99 Å². The Morgan fingerprint density at radius 1 is 0.969 bits per heavy atom. The summed E-state index contributed by atoms with van der Waals surface area (Å²) in [5, 5.41) is 13.1. The number of H-pyrrole nitrogens is 1. The van der Waals surface area contributed by atoms with Crippen LogP contribution in [0.4, 0.5) is 4.39 Å². The lowest BCUT2D eigenvalue weighted by atomic mass is 10.1. The second-order valence-electron chi connectivity index (χ2n) is 6.93. The Balaban J connectivity index is 1.66. The fraction of sp³-hybridized carbons (Fsp3) is 0. The minimum absolute atomic E-state index is 0.0492. The van der Waals surface area contributed by atoms with E-state index in [9.17, 15) is 19.1 Å². The quantitative estimate of drug-likeness (QED) is 0.325. The SMILES string of the molecule is O=C(N=Cc1c(O)[nH]c2ccc(F)cc12)/C(=C/c1ccccc1)NC(=O)c1ccccc1. The van der Waals surface area contributed by atoms with Crippen LogP contribution in [0.5, 0.6) is 5.88 Å². The van der Waals surface area contributed by atoms with Gasteiger partial charge in [-0.25, -0.2) is 9.38 Å². The molecule has 3 N–H and O–H groups in total. The fourth-order valence-corrected chi connectivity index (χ4v) is 3.15. The Kier molecular flexibility index (Phi) is 5.89. The Morgan fingerprint density at radius 3 is 2.38 bits per heavy atom. The van der Waals surface area contributed by atoms with Gasteiger partial charge in [-0.2, -0.15) is 0 Å². The maximum Gasteiger partial charge on any atom is 0.293 e. The molecule has 0 spiro atoms. The zero-order chi connectivity index (χ0) is 22.5. The third-order valence-corrected chi connectivity index (χ3v) is 4.72. The molecule has 0 atom stereocenters. The second kappa shape index (κ2) is 9.09. The van der Waals surface area contributed by atoms with Gasteiger partial charge < -0.3 is 15.4 Å². The van der Waals surface area contributed by atoms with Crippen molar-refractivity contribution in [3.8, 4) is 5.88 Å². The first-order valence-electron chi connectivity index (χ1n) is 9.73. The molecule has 0 saturated carbocycles. The summed E-state index contributed by atoms with van der Waals surface area (Å²) in [5.41, 5.74) is 1.69. The highest BCUT2D eigenvalue weighted by Crippen LogP contribution is 2.26. The number of benzene rings is 3. The van der Waals surface area contributed by atoms with Gasteiger partial charge in [0.05, 0.1) is 5.56 Å². The Labute approximate surface area is 182 Å². The van der Waals surface area contributed by atoms with E-state index in [2.05, 4.69) is 15.3 Å². The summed E-state index contributed by atoms with van der Waals surface area (Å²) in [6, 6.07) is 21.4. The topological polar surface area (TPSA) is 94.5 Å². The molecule has 0 bridgehead atoms. The van der Waals surface area contributed by atoms with Crippen LogP contribution >= 0.6 is 0 Å². The molecule has 2 amide bonds. The minimum atomic E-state index is -0.733. The molecule has 4 aromatic rings. The minimum Gasteiger partial charge on any atom is -0.494 e. The molecule has 0 radical (unpaired) electrons. The fourth-order valence-electron chi connectivity index (χ4n) is 3.15. The summed E-state index contributed by atoms with van der Waals surface area (Å²) in [5.74, 6) is -1.93. The van der Waals surface area contributed by atoms with Crippen molar-refractivity contribution >= 4 is 35.0 Å². The summed E-state index contributed by atoms with van der Waals surface area (Å²) in [4.78, 5) is 32.1. The van der Waals surface area contributed by atoms with Gasteiger partial charge in [-0.05, 0) is 42.0 Å². The van der Waals surface area contributed by atoms with Crippen LogP contribution < -0.4 is 5.32 Å². The number of carbonyl (C=O) groups is 2. The molecule has 0 aliphatic heterocycles. The van der Waals surface area contributed by atoms with Gasteiger partial charge in [0.25, 0.3) is 11.8 Å². The van der Waals surface area contributed by atoms with E-state index in [1.807, 2.05) is 6.07 Å². The maximum absolute atomic E-state index is 13.6. The lowest BCUT2D eigenvalue weighted by Gasteiger charge is -2.07. The number of carbonyl (C=O) groups excluding carboxylic acids is 2. The zero-order valence-electron chi connectivity index (χ0n) is 16.7. The molecule has 0 unspecified atom stereocenters. The van der Waals surface area contributed by atoms with E-state index in [0.29, 0.717) is 22.0 Å². The van der Waals surface area contributed by atoms with E-state index in [0.717, 1.165) is 6.21 Å². The van der Waals surface area contributed by atoms with Crippen LogP contribution in [0.25, 0.3) is 17.0 Å². The average Bonchev–Trinajstić information content (AvgIpc) is 3.12. The van der Waals surface area contributed by atoms with E-state index >= 15 is 0 Å². The van der Waals surface area contributed by atoms with Crippen LogP contribution in [0.1, 0.15) is 21.5 Å². The first-order valence-corrected chi connectivity index (χ1v) is 9.73. The largest absolute Gasteiger partial charge is 0.494 e. The number of aromatic amines is 1. The summed E-state index contributed by atoms with van der Waals surface area (Å²) >= 11 is 0. The number of aliphatic imine (C=N–C) groups is 1. The second-order valence-corrected chi connectivity index (χ2v) is 6.93. The Bertz CT molecular complexity index is 1340. The monoisotopic (exact) mass is 427 g/mol. The standard InChI is InChI=1S/C25H18FN3O3/c26-18-11-12-21-19(14-18)20(24(31)28-21)15-27-25(32)22(13-16-7-3-1-4-8-16)29-23(30)17-9-5-2-6-10-17/h1-15,28,31H,(H,29,30)/b22-13-,27-15?. The van der Waals surface area contributed by atoms with Gasteiger partial charge in [0.15, 0.2) is 5.88 Å². The van der Waals surface area contributed by atoms with Gasteiger partial charge in [-0.3, -0.25) is 9.59 Å². The molecule has 0 fully saturated rings. The summed E-state index contributed by atoms with van der Waals surface area (Å²) in [6.45, 7) is 0. The van der Waals surface area contributed by atoms with Crippen LogP contribution in [0.2, 0.25) is 0 Å². The van der Waals surface area contributed by atoms with Crippen molar-refractivity contribution in [3.63, 3.8) is 0 Å². The van der Waals surface area contributed by atoms with Crippen LogP contribution in [-0.2, 0) is 4.79 Å². The number of aromatic hydroxyl groups is 1. The summed E-state index contributed by atoms with van der Waals surface area (Å²) < 4.78 is 13.6. The number of amides is 2. The van der Waals surface area contributed by atoms with Crippen LogP contribution in [0.15, 0.2) is 89.6 Å². The van der Waals surface area contributed by atoms with Crippen LogP contribution in [0, 0.1) is 5.82 Å². The molecule has 0 aliphatic rings. The predicted octanol–water partition coefficient (Wildman–Crippen LogP) is 4.43. The molecule has 7 heteroatoms.